The summed E-state index contributed by atoms with van der Waals surface area (Å²) < 4.78 is 125. The van der Waals surface area contributed by atoms with Gasteiger partial charge in [0.1, 0.15) is 5.60 Å². The molecule has 0 aromatic heterocycles. The number of halogens is 9. The maximum Gasteiger partial charge on any atom is 0.416 e. The molecule has 1 fully saturated rings. The molecule has 220 valence electrons. The molecule has 4 rings (SSSR count). The number of amides is 2. The van der Waals surface area contributed by atoms with E-state index in [1.807, 2.05) is 0 Å². The zero-order valence-corrected chi connectivity index (χ0v) is 21.1. The summed E-state index contributed by atoms with van der Waals surface area (Å²) >= 11 is 0. The fraction of sp³-hybridized carbons (Fsp3) is 0.321. The molecule has 3 aromatic rings. The highest BCUT2D eigenvalue weighted by molar-refractivity contribution is 5.89. The standard InChI is InChI=1S/C28H23F9N2O2/c29-26(30,31)20-9-11-22(12-10-20)38-24(40)39-14-4-13-25(17-39,19-5-2-1-3-6-19)41-16-18-7-8-21(27(32,33)34)15-23(18)28(35,36)37/h1-3,5-12,15H,4,13-14,16-17H2,(H,38,40). The van der Waals surface area contributed by atoms with E-state index in [1.165, 1.54) is 4.90 Å². The van der Waals surface area contributed by atoms with E-state index in [-0.39, 0.29) is 31.3 Å². The Morgan fingerprint density at radius 3 is 2.00 bits per heavy atom. The number of urea groups is 1. The Balaban J connectivity index is 1.59. The molecule has 0 bridgehead atoms. The summed E-state index contributed by atoms with van der Waals surface area (Å²) in [5, 5.41) is 2.51. The summed E-state index contributed by atoms with van der Waals surface area (Å²) in [6, 6.07) is 12.8. The Morgan fingerprint density at radius 1 is 0.805 bits per heavy atom. The molecule has 1 heterocycles. The van der Waals surface area contributed by atoms with Crippen LogP contribution in [0.5, 0.6) is 0 Å². The number of nitrogens with one attached hydrogen (secondary N) is 1. The van der Waals surface area contributed by atoms with Gasteiger partial charge in [0.25, 0.3) is 0 Å². The third-order valence-electron chi connectivity index (χ3n) is 6.75. The zero-order chi connectivity index (χ0) is 30.1. The molecule has 4 nitrogen and oxygen atoms in total. The quantitative estimate of drug-likeness (QED) is 0.303. The maximum absolute atomic E-state index is 13.7. The SMILES string of the molecule is O=C(Nc1ccc(C(F)(F)F)cc1)N1CCCC(OCc2ccc(C(F)(F)F)cc2C(F)(F)F)(c2ccccc2)C1. The molecule has 13 heteroatoms. The van der Waals surface area contributed by atoms with Crippen molar-refractivity contribution in [3.8, 4) is 0 Å². The lowest BCUT2D eigenvalue weighted by Crippen LogP contribution is -2.51. The van der Waals surface area contributed by atoms with Crippen LogP contribution in [0.15, 0.2) is 72.8 Å². The fourth-order valence-corrected chi connectivity index (χ4v) is 4.68. The molecule has 1 saturated heterocycles. The molecule has 0 aliphatic carbocycles. The second-order valence-corrected chi connectivity index (χ2v) is 9.55. The number of piperidine rings is 1. The first-order valence-electron chi connectivity index (χ1n) is 12.3. The lowest BCUT2D eigenvalue weighted by Gasteiger charge is -2.43. The smallest absolute Gasteiger partial charge is 0.364 e. The van der Waals surface area contributed by atoms with E-state index >= 15 is 0 Å². The van der Waals surface area contributed by atoms with Crippen LogP contribution in [-0.2, 0) is 35.5 Å². The number of anilines is 1. The van der Waals surface area contributed by atoms with Crippen LogP contribution >= 0.6 is 0 Å². The molecule has 1 atom stereocenters. The minimum absolute atomic E-state index is 0.0402. The van der Waals surface area contributed by atoms with Crippen molar-refractivity contribution in [2.75, 3.05) is 18.4 Å². The van der Waals surface area contributed by atoms with Gasteiger partial charge >= 0.3 is 24.6 Å². The molecule has 3 aromatic carbocycles. The second kappa shape index (κ2) is 11.3. The summed E-state index contributed by atoms with van der Waals surface area (Å²) in [5.74, 6) is 0. The van der Waals surface area contributed by atoms with Gasteiger partial charge in [-0.05, 0) is 60.4 Å². The number of carbonyl (C=O) groups is 1. The molecular formula is C28H23F9N2O2. The summed E-state index contributed by atoms with van der Waals surface area (Å²) in [6.45, 7) is -0.611. The van der Waals surface area contributed by atoms with Crippen molar-refractivity contribution < 1.29 is 49.0 Å². The van der Waals surface area contributed by atoms with E-state index in [0.717, 1.165) is 30.3 Å². The Morgan fingerprint density at radius 2 is 1.41 bits per heavy atom. The number of carbonyl (C=O) groups excluding carboxylic acids is 1. The number of likely N-dealkylation sites (tertiary alicyclic amines) is 1. The van der Waals surface area contributed by atoms with Gasteiger partial charge in [0, 0.05) is 12.2 Å². The van der Waals surface area contributed by atoms with Crippen molar-refractivity contribution in [2.45, 2.75) is 43.6 Å². The molecular weight excluding hydrogens is 567 g/mol. The van der Waals surface area contributed by atoms with E-state index in [0.29, 0.717) is 18.1 Å². The van der Waals surface area contributed by atoms with E-state index < -0.39 is 59.0 Å². The Kier molecular flexibility index (Phi) is 8.30. The summed E-state index contributed by atoms with van der Waals surface area (Å²) in [5.41, 5.74) is -5.02. The summed E-state index contributed by atoms with van der Waals surface area (Å²) in [7, 11) is 0. The molecule has 1 N–H and O–H groups in total. The van der Waals surface area contributed by atoms with Crippen LogP contribution in [-0.4, -0.2) is 24.0 Å². The van der Waals surface area contributed by atoms with Crippen LogP contribution < -0.4 is 5.32 Å². The Hall–Kier alpha value is -3.74. The number of hydrogen-bond acceptors (Lipinski definition) is 2. The lowest BCUT2D eigenvalue weighted by molar-refractivity contribution is -0.145. The first-order chi connectivity index (χ1) is 19.1. The first kappa shape index (κ1) is 30.2. The molecule has 1 aliphatic rings. The summed E-state index contributed by atoms with van der Waals surface area (Å²) in [6.07, 6.45) is -14.0. The van der Waals surface area contributed by atoms with Gasteiger partial charge < -0.3 is 15.0 Å². The van der Waals surface area contributed by atoms with Crippen molar-refractivity contribution >= 4 is 11.7 Å². The van der Waals surface area contributed by atoms with Crippen molar-refractivity contribution in [3.63, 3.8) is 0 Å². The summed E-state index contributed by atoms with van der Waals surface area (Å²) in [4.78, 5) is 14.4. The number of rotatable bonds is 5. The van der Waals surface area contributed by atoms with Gasteiger partial charge in [0.15, 0.2) is 0 Å². The highest BCUT2D eigenvalue weighted by atomic mass is 19.4. The number of nitrogens with zero attached hydrogens (tertiary/aromatic N) is 1. The van der Waals surface area contributed by atoms with E-state index in [9.17, 15) is 44.3 Å². The zero-order valence-electron chi connectivity index (χ0n) is 21.1. The van der Waals surface area contributed by atoms with E-state index in [1.54, 1.807) is 30.3 Å². The van der Waals surface area contributed by atoms with Gasteiger partial charge in [-0.25, -0.2) is 4.79 Å². The minimum Gasteiger partial charge on any atom is -0.364 e. The van der Waals surface area contributed by atoms with Crippen LogP contribution in [0, 0.1) is 0 Å². The molecule has 0 spiro atoms. The van der Waals surface area contributed by atoms with Gasteiger partial charge in [-0.2, -0.15) is 39.5 Å². The number of alkyl halides is 9. The van der Waals surface area contributed by atoms with E-state index in [4.69, 9.17) is 4.74 Å². The Labute approximate surface area is 228 Å². The monoisotopic (exact) mass is 590 g/mol. The van der Waals surface area contributed by atoms with Gasteiger partial charge in [-0.3, -0.25) is 0 Å². The van der Waals surface area contributed by atoms with Gasteiger partial charge in [0.2, 0.25) is 0 Å². The molecule has 41 heavy (non-hydrogen) atoms. The number of ether oxygens (including phenoxy) is 1. The number of benzene rings is 3. The van der Waals surface area contributed by atoms with Crippen LogP contribution in [0.1, 0.15) is 40.7 Å². The fourth-order valence-electron chi connectivity index (χ4n) is 4.68. The topological polar surface area (TPSA) is 41.6 Å². The third-order valence-corrected chi connectivity index (χ3v) is 6.75. The Bertz CT molecular complexity index is 1350. The van der Waals surface area contributed by atoms with Crippen molar-refractivity contribution in [2.24, 2.45) is 0 Å². The lowest BCUT2D eigenvalue weighted by atomic mass is 9.85. The van der Waals surface area contributed by atoms with Crippen LogP contribution in [0.25, 0.3) is 0 Å². The normalized spacial score (nSPS) is 18.3. The average molecular weight is 590 g/mol. The van der Waals surface area contributed by atoms with Gasteiger partial charge in [-0.15, -0.1) is 0 Å². The average Bonchev–Trinajstić information content (AvgIpc) is 2.91. The van der Waals surface area contributed by atoms with Crippen LogP contribution in [0.4, 0.5) is 50.0 Å². The van der Waals surface area contributed by atoms with E-state index in [2.05, 4.69) is 5.32 Å². The predicted octanol–water partition coefficient (Wildman–Crippen LogP) is 8.48. The van der Waals surface area contributed by atoms with Crippen molar-refractivity contribution in [1.29, 1.82) is 0 Å². The van der Waals surface area contributed by atoms with Gasteiger partial charge in [0.05, 0.1) is 29.8 Å². The highest BCUT2D eigenvalue weighted by Crippen LogP contribution is 2.40. The second-order valence-electron chi connectivity index (χ2n) is 9.55. The maximum atomic E-state index is 13.7. The molecule has 0 saturated carbocycles. The molecule has 1 aliphatic heterocycles. The predicted molar refractivity (Wildman–Crippen MR) is 131 cm³/mol. The molecule has 0 radical (unpaired) electrons. The number of hydrogen-bond donors (Lipinski definition) is 1. The highest BCUT2D eigenvalue weighted by Gasteiger charge is 2.42. The van der Waals surface area contributed by atoms with Crippen molar-refractivity contribution in [1.82, 2.24) is 4.90 Å². The van der Waals surface area contributed by atoms with Crippen LogP contribution in [0.3, 0.4) is 0 Å². The van der Waals surface area contributed by atoms with Crippen molar-refractivity contribution in [3.05, 3.63) is 101 Å². The largest absolute Gasteiger partial charge is 0.416 e. The molecule has 1 unspecified atom stereocenters. The molecule has 2 amide bonds. The third kappa shape index (κ3) is 7.13. The minimum atomic E-state index is -5.08. The van der Waals surface area contributed by atoms with Crippen LogP contribution in [0.2, 0.25) is 0 Å². The van der Waals surface area contributed by atoms with Gasteiger partial charge in [-0.1, -0.05) is 36.4 Å². The first-order valence-corrected chi connectivity index (χ1v) is 12.3.